The number of halogens is 1. The van der Waals surface area contributed by atoms with E-state index in [0.29, 0.717) is 21.3 Å². The highest BCUT2D eigenvalue weighted by Crippen LogP contribution is 2.24. The van der Waals surface area contributed by atoms with Crippen molar-refractivity contribution in [1.29, 1.82) is 0 Å². The fourth-order valence-electron chi connectivity index (χ4n) is 3.72. The molecule has 0 unspecified atom stereocenters. The van der Waals surface area contributed by atoms with Crippen LogP contribution in [0.15, 0.2) is 119 Å². The number of nitrogens with zero attached hydrogens (tertiary/aromatic N) is 1. The van der Waals surface area contributed by atoms with Crippen molar-refractivity contribution in [1.82, 2.24) is 10.7 Å². The average molecular weight is 570 g/mol. The maximum absolute atomic E-state index is 13.0. The van der Waals surface area contributed by atoms with Gasteiger partial charge in [0.2, 0.25) is 5.91 Å². The Balaban J connectivity index is 1.32. The molecule has 0 fully saturated rings. The second kappa shape index (κ2) is 13.1. The molecular formula is C30H24BrN3O4. The van der Waals surface area contributed by atoms with Crippen molar-refractivity contribution in [3.63, 3.8) is 0 Å². The van der Waals surface area contributed by atoms with Crippen LogP contribution in [-0.4, -0.2) is 30.5 Å². The van der Waals surface area contributed by atoms with E-state index in [1.54, 1.807) is 42.5 Å². The van der Waals surface area contributed by atoms with Crippen LogP contribution in [0.4, 0.5) is 0 Å². The van der Waals surface area contributed by atoms with Crippen LogP contribution in [0.25, 0.3) is 0 Å². The number of carbonyl (C=O) groups excluding carboxylic acids is 3. The Morgan fingerprint density at radius 1 is 0.816 bits per heavy atom. The van der Waals surface area contributed by atoms with Gasteiger partial charge in [-0.15, -0.1) is 0 Å². The highest BCUT2D eigenvalue weighted by atomic mass is 79.9. The largest absolute Gasteiger partial charge is 0.423 e. The van der Waals surface area contributed by atoms with Crippen molar-refractivity contribution in [2.24, 2.45) is 5.10 Å². The lowest BCUT2D eigenvalue weighted by Gasteiger charge is -2.17. The van der Waals surface area contributed by atoms with Crippen LogP contribution in [-0.2, 0) is 9.59 Å². The Hall–Kier alpha value is -4.56. The van der Waals surface area contributed by atoms with E-state index in [9.17, 15) is 14.4 Å². The quantitative estimate of drug-likeness (QED) is 0.127. The van der Waals surface area contributed by atoms with Crippen molar-refractivity contribution in [2.75, 3.05) is 6.54 Å². The van der Waals surface area contributed by atoms with E-state index in [1.807, 2.05) is 66.7 Å². The molecule has 0 radical (unpaired) electrons. The summed E-state index contributed by atoms with van der Waals surface area (Å²) in [6, 6.07) is 32.5. The van der Waals surface area contributed by atoms with Gasteiger partial charge in [-0.1, -0.05) is 84.9 Å². The maximum Gasteiger partial charge on any atom is 0.344 e. The summed E-state index contributed by atoms with van der Waals surface area (Å²) in [6.07, 6.45) is 1.42. The second-order valence-electron chi connectivity index (χ2n) is 8.21. The number of benzene rings is 4. The smallest absolute Gasteiger partial charge is 0.344 e. The van der Waals surface area contributed by atoms with Crippen LogP contribution in [0, 0.1) is 0 Å². The minimum Gasteiger partial charge on any atom is -0.423 e. The summed E-state index contributed by atoms with van der Waals surface area (Å²) in [4.78, 5) is 37.8. The normalized spacial score (nSPS) is 10.8. The van der Waals surface area contributed by atoms with Crippen LogP contribution in [0.3, 0.4) is 0 Å². The molecule has 0 bridgehead atoms. The standard InChI is InChI=1S/C30H24BrN3O4/c31-26-17-8-7-16-25(26)30(37)38-24-15-9-10-21(18-24)19-33-34-27(35)20-32-29(36)28(22-11-3-1-4-12-22)23-13-5-2-6-14-23/h1-19,28H,20H2,(H,32,36)(H,34,35). The molecule has 0 aliphatic heterocycles. The van der Waals surface area contributed by atoms with Gasteiger partial charge in [-0.05, 0) is 56.9 Å². The SMILES string of the molecule is O=C(CNC(=O)C(c1ccccc1)c1ccccc1)NN=Cc1cccc(OC(=O)c2ccccc2Br)c1. The number of carbonyl (C=O) groups is 3. The van der Waals surface area contributed by atoms with E-state index in [0.717, 1.165) is 11.1 Å². The predicted octanol–water partition coefficient (Wildman–Crippen LogP) is 5.07. The Kier molecular flexibility index (Phi) is 9.15. The van der Waals surface area contributed by atoms with Crippen LogP contribution < -0.4 is 15.5 Å². The number of hydrazone groups is 1. The number of nitrogens with one attached hydrogen (secondary N) is 2. The molecule has 4 aromatic rings. The van der Waals surface area contributed by atoms with Gasteiger partial charge in [0.25, 0.3) is 5.91 Å². The Labute approximate surface area is 228 Å². The first-order chi connectivity index (χ1) is 18.5. The molecule has 0 spiro atoms. The molecule has 0 aliphatic rings. The molecule has 0 saturated heterocycles. The molecule has 0 atom stereocenters. The first-order valence-corrected chi connectivity index (χ1v) is 12.6. The molecule has 190 valence electrons. The van der Waals surface area contributed by atoms with Crippen LogP contribution in [0.5, 0.6) is 5.75 Å². The van der Waals surface area contributed by atoms with E-state index >= 15 is 0 Å². The molecule has 38 heavy (non-hydrogen) atoms. The van der Waals surface area contributed by atoms with Crippen molar-refractivity contribution in [3.8, 4) is 5.75 Å². The average Bonchev–Trinajstić information content (AvgIpc) is 2.94. The van der Waals surface area contributed by atoms with Crippen LogP contribution >= 0.6 is 15.9 Å². The molecule has 0 saturated carbocycles. The highest BCUT2D eigenvalue weighted by molar-refractivity contribution is 9.10. The monoisotopic (exact) mass is 569 g/mol. The van der Waals surface area contributed by atoms with Gasteiger partial charge >= 0.3 is 5.97 Å². The lowest BCUT2D eigenvalue weighted by Crippen LogP contribution is -2.37. The Morgan fingerprint density at radius 3 is 2.11 bits per heavy atom. The van der Waals surface area contributed by atoms with Gasteiger partial charge in [0.1, 0.15) is 5.75 Å². The first-order valence-electron chi connectivity index (χ1n) is 11.8. The first kappa shape index (κ1) is 26.5. The van der Waals surface area contributed by atoms with Gasteiger partial charge < -0.3 is 10.1 Å². The zero-order chi connectivity index (χ0) is 26.7. The minimum atomic E-state index is -0.546. The lowest BCUT2D eigenvalue weighted by molar-refractivity contribution is -0.126. The molecule has 2 amide bonds. The van der Waals surface area contributed by atoms with E-state index in [1.165, 1.54) is 6.21 Å². The Morgan fingerprint density at radius 2 is 1.45 bits per heavy atom. The number of hydrogen-bond donors (Lipinski definition) is 2. The molecule has 2 N–H and O–H groups in total. The van der Waals surface area contributed by atoms with E-state index in [-0.39, 0.29) is 12.5 Å². The minimum absolute atomic E-state index is 0.240. The topological polar surface area (TPSA) is 96.9 Å². The number of amides is 2. The van der Waals surface area contributed by atoms with Gasteiger partial charge in [-0.25, -0.2) is 10.2 Å². The third-order valence-electron chi connectivity index (χ3n) is 5.52. The fraction of sp³-hybridized carbons (Fsp3) is 0.0667. The number of ether oxygens (including phenoxy) is 1. The van der Waals surface area contributed by atoms with E-state index in [2.05, 4.69) is 31.8 Å². The molecule has 8 heteroatoms. The van der Waals surface area contributed by atoms with Crippen LogP contribution in [0.2, 0.25) is 0 Å². The van der Waals surface area contributed by atoms with E-state index < -0.39 is 17.8 Å². The van der Waals surface area contributed by atoms with Gasteiger partial charge in [0.15, 0.2) is 0 Å². The highest BCUT2D eigenvalue weighted by Gasteiger charge is 2.22. The van der Waals surface area contributed by atoms with Gasteiger partial charge in [0.05, 0.1) is 24.2 Å². The van der Waals surface area contributed by atoms with Crippen molar-refractivity contribution >= 4 is 39.9 Å². The molecule has 4 rings (SSSR count). The Bertz CT molecular complexity index is 1400. The second-order valence-corrected chi connectivity index (χ2v) is 9.06. The summed E-state index contributed by atoms with van der Waals surface area (Å²) in [5.74, 6) is -1.48. The molecule has 0 aromatic heterocycles. The summed E-state index contributed by atoms with van der Waals surface area (Å²) in [6.45, 7) is -0.240. The van der Waals surface area contributed by atoms with Crippen molar-refractivity contribution < 1.29 is 19.1 Å². The summed E-state index contributed by atoms with van der Waals surface area (Å²) >= 11 is 3.34. The zero-order valence-corrected chi connectivity index (χ0v) is 21.8. The zero-order valence-electron chi connectivity index (χ0n) is 20.2. The molecule has 7 nitrogen and oxygen atoms in total. The fourth-order valence-corrected chi connectivity index (χ4v) is 4.17. The van der Waals surface area contributed by atoms with Crippen LogP contribution in [0.1, 0.15) is 33.0 Å². The third kappa shape index (κ3) is 7.24. The van der Waals surface area contributed by atoms with Crippen molar-refractivity contribution in [2.45, 2.75) is 5.92 Å². The van der Waals surface area contributed by atoms with E-state index in [4.69, 9.17) is 4.74 Å². The van der Waals surface area contributed by atoms with Crippen molar-refractivity contribution in [3.05, 3.63) is 136 Å². The summed E-state index contributed by atoms with van der Waals surface area (Å²) in [5.41, 5.74) is 5.07. The molecule has 4 aromatic carbocycles. The summed E-state index contributed by atoms with van der Waals surface area (Å²) in [5, 5.41) is 6.64. The molecular weight excluding hydrogens is 546 g/mol. The lowest BCUT2D eigenvalue weighted by atomic mass is 9.90. The summed E-state index contributed by atoms with van der Waals surface area (Å²) < 4.78 is 6.08. The number of esters is 1. The molecule has 0 heterocycles. The maximum atomic E-state index is 13.0. The predicted molar refractivity (Wildman–Crippen MR) is 149 cm³/mol. The van der Waals surface area contributed by atoms with Gasteiger partial charge in [-0.3, -0.25) is 9.59 Å². The third-order valence-corrected chi connectivity index (χ3v) is 6.21. The van der Waals surface area contributed by atoms with Gasteiger partial charge in [0, 0.05) is 4.47 Å². The number of hydrogen-bond acceptors (Lipinski definition) is 5. The summed E-state index contributed by atoms with van der Waals surface area (Å²) in [7, 11) is 0. The molecule has 0 aliphatic carbocycles. The number of rotatable bonds is 9. The van der Waals surface area contributed by atoms with Gasteiger partial charge in [-0.2, -0.15) is 5.10 Å².